The van der Waals surface area contributed by atoms with E-state index in [9.17, 15) is 4.39 Å². The topological polar surface area (TPSA) is 16.1 Å². The van der Waals surface area contributed by atoms with Crippen LogP contribution < -0.4 is 0 Å². The predicted octanol–water partition coefficient (Wildman–Crippen LogP) is 5.10. The van der Waals surface area contributed by atoms with Gasteiger partial charge in [-0.2, -0.15) is 0 Å². The van der Waals surface area contributed by atoms with Gasteiger partial charge >= 0.3 is 0 Å². The zero-order chi connectivity index (χ0) is 16.5. The van der Waals surface area contributed by atoms with Crippen LogP contribution in [0.15, 0.2) is 35.2 Å². The number of thiazole rings is 1. The van der Waals surface area contributed by atoms with Crippen molar-refractivity contribution in [1.82, 2.24) is 9.88 Å². The summed E-state index contributed by atoms with van der Waals surface area (Å²) in [6.07, 6.45) is 1.05. The Morgan fingerprint density at radius 1 is 1.38 bits per heavy atom. The molecule has 0 radical (unpaired) electrons. The van der Waals surface area contributed by atoms with Gasteiger partial charge < -0.3 is 0 Å². The van der Waals surface area contributed by atoms with E-state index in [1.807, 2.05) is 16.8 Å². The van der Waals surface area contributed by atoms with Crippen molar-refractivity contribution in [1.29, 1.82) is 0 Å². The highest BCUT2D eigenvalue weighted by molar-refractivity contribution is 7.19. The number of aromatic nitrogens is 1. The monoisotopic (exact) mass is 360 g/mol. The Balaban J connectivity index is 1.65. The minimum atomic E-state index is -0.638. The second-order valence-electron chi connectivity index (χ2n) is 6.51. The van der Waals surface area contributed by atoms with Gasteiger partial charge in [0, 0.05) is 40.5 Å². The van der Waals surface area contributed by atoms with Gasteiger partial charge in [0.05, 0.1) is 11.2 Å². The molecule has 24 heavy (non-hydrogen) atoms. The highest BCUT2D eigenvalue weighted by Gasteiger charge is 2.24. The van der Waals surface area contributed by atoms with Crippen LogP contribution in [-0.4, -0.2) is 35.7 Å². The quantitative estimate of drug-likeness (QED) is 0.629. The first-order valence-electron chi connectivity index (χ1n) is 8.47. The molecule has 1 aromatic carbocycles. The largest absolute Gasteiger partial charge is 0.300 e. The molecular formula is C19H21FN2S2. The van der Waals surface area contributed by atoms with Crippen molar-refractivity contribution in [2.24, 2.45) is 0 Å². The maximum atomic E-state index is 13.4. The average molecular weight is 361 g/mol. The molecule has 0 bridgehead atoms. The molecule has 2 nitrogen and oxygen atoms in total. The Bertz CT molecular complexity index is 812. The molecule has 1 fully saturated rings. The van der Waals surface area contributed by atoms with Crippen molar-refractivity contribution in [3.8, 4) is 0 Å². The van der Waals surface area contributed by atoms with Gasteiger partial charge in [-0.15, -0.1) is 22.7 Å². The highest BCUT2D eigenvalue weighted by atomic mass is 32.1. The van der Waals surface area contributed by atoms with Crippen LogP contribution in [0.5, 0.6) is 0 Å². The molecule has 1 aliphatic heterocycles. The number of hydrogen-bond acceptors (Lipinski definition) is 4. The molecule has 5 heteroatoms. The van der Waals surface area contributed by atoms with Gasteiger partial charge in [0.2, 0.25) is 0 Å². The molecule has 126 valence electrons. The van der Waals surface area contributed by atoms with Crippen molar-refractivity contribution in [3.63, 3.8) is 0 Å². The first-order chi connectivity index (χ1) is 11.7. The normalized spacial score (nSPS) is 20.0. The molecule has 1 saturated heterocycles. The molecule has 1 aliphatic rings. The van der Waals surface area contributed by atoms with Gasteiger partial charge in [0.1, 0.15) is 6.17 Å². The summed E-state index contributed by atoms with van der Waals surface area (Å²) in [5, 5.41) is 3.50. The number of nitrogens with zero attached hydrogens (tertiary/aromatic N) is 2. The lowest BCUT2D eigenvalue weighted by Crippen LogP contribution is -2.23. The third-order valence-electron chi connectivity index (χ3n) is 4.91. The van der Waals surface area contributed by atoms with Crippen molar-refractivity contribution < 1.29 is 4.39 Å². The van der Waals surface area contributed by atoms with E-state index >= 15 is 0 Å². The van der Waals surface area contributed by atoms with Crippen molar-refractivity contribution in [3.05, 3.63) is 51.3 Å². The second kappa shape index (κ2) is 6.90. The maximum absolute atomic E-state index is 13.4. The van der Waals surface area contributed by atoms with Crippen molar-refractivity contribution in [2.45, 2.75) is 31.9 Å². The molecular weight excluding hydrogens is 339 g/mol. The van der Waals surface area contributed by atoms with Gasteiger partial charge in [0.25, 0.3) is 0 Å². The number of rotatable bonds is 5. The summed E-state index contributed by atoms with van der Waals surface area (Å²) in [7, 11) is 0. The number of halogens is 1. The van der Waals surface area contributed by atoms with E-state index in [1.165, 1.54) is 20.5 Å². The molecule has 0 amide bonds. The minimum absolute atomic E-state index is 0.301. The standard InChI is InChI=1S/C19H21FN2S2/c1-13(16-11-23-12-21-16)19-15-4-2-3-5-17(15)24-18(19)7-9-22-8-6-14(20)10-22/h2-5,11-14H,6-10H2,1H3/t13-,14?/m0/s1. The van der Waals surface area contributed by atoms with E-state index in [2.05, 4.69) is 46.5 Å². The lowest BCUT2D eigenvalue weighted by molar-refractivity contribution is 0.290. The van der Waals surface area contributed by atoms with Crippen molar-refractivity contribution in [2.75, 3.05) is 19.6 Å². The van der Waals surface area contributed by atoms with Crippen LogP contribution in [0, 0.1) is 0 Å². The highest BCUT2D eigenvalue weighted by Crippen LogP contribution is 2.39. The fraction of sp³-hybridized carbons (Fsp3) is 0.421. The van der Waals surface area contributed by atoms with Crippen LogP contribution in [0.3, 0.4) is 0 Å². The van der Waals surface area contributed by atoms with E-state index in [0.717, 1.165) is 25.2 Å². The Morgan fingerprint density at radius 3 is 3.00 bits per heavy atom. The summed E-state index contributed by atoms with van der Waals surface area (Å²) in [6.45, 7) is 4.69. The van der Waals surface area contributed by atoms with E-state index in [-0.39, 0.29) is 0 Å². The maximum Gasteiger partial charge on any atom is 0.114 e. The lowest BCUT2D eigenvalue weighted by Gasteiger charge is -2.16. The summed E-state index contributed by atoms with van der Waals surface area (Å²) in [4.78, 5) is 8.22. The summed E-state index contributed by atoms with van der Waals surface area (Å²) in [5.74, 6) is 0.301. The molecule has 3 aromatic rings. The third kappa shape index (κ3) is 3.13. The summed E-state index contributed by atoms with van der Waals surface area (Å²) < 4.78 is 14.8. The van der Waals surface area contributed by atoms with Crippen molar-refractivity contribution >= 4 is 32.8 Å². The van der Waals surface area contributed by atoms with Crippen LogP contribution >= 0.6 is 22.7 Å². The fourth-order valence-corrected chi connectivity index (χ4v) is 5.55. The first kappa shape index (κ1) is 16.2. The van der Waals surface area contributed by atoms with E-state index in [4.69, 9.17) is 0 Å². The number of fused-ring (bicyclic) bond motifs is 1. The fourth-order valence-electron chi connectivity index (χ4n) is 3.61. The molecule has 1 unspecified atom stereocenters. The number of likely N-dealkylation sites (tertiary alicyclic amines) is 1. The molecule has 2 atom stereocenters. The number of alkyl halides is 1. The molecule has 3 heterocycles. The minimum Gasteiger partial charge on any atom is -0.300 e. The summed E-state index contributed by atoms with van der Waals surface area (Å²) in [5.41, 5.74) is 4.47. The Hall–Kier alpha value is -1.30. The first-order valence-corrected chi connectivity index (χ1v) is 10.2. The molecule has 0 N–H and O–H groups in total. The number of hydrogen-bond donors (Lipinski definition) is 0. The lowest BCUT2D eigenvalue weighted by atomic mass is 9.94. The number of benzene rings is 1. The van der Waals surface area contributed by atoms with Gasteiger partial charge in [-0.25, -0.2) is 9.37 Å². The zero-order valence-corrected chi connectivity index (χ0v) is 15.4. The number of thiophene rings is 1. The van der Waals surface area contributed by atoms with Crippen LogP contribution in [0.25, 0.3) is 10.1 Å². The van der Waals surface area contributed by atoms with Gasteiger partial charge in [0.15, 0.2) is 0 Å². The Labute approximate surface area is 150 Å². The Kier molecular flexibility index (Phi) is 4.66. The SMILES string of the molecule is C[C@@H](c1cscn1)c1c(CCN2CCC(F)C2)sc2ccccc12. The average Bonchev–Trinajstić information content (AvgIpc) is 3.31. The van der Waals surface area contributed by atoms with Crippen LogP contribution in [0.1, 0.15) is 35.4 Å². The second-order valence-corrected chi connectivity index (χ2v) is 8.36. The van der Waals surface area contributed by atoms with Crippen LogP contribution in [0.2, 0.25) is 0 Å². The summed E-state index contributed by atoms with van der Waals surface area (Å²) >= 11 is 3.54. The van der Waals surface area contributed by atoms with Gasteiger partial charge in [-0.1, -0.05) is 25.1 Å². The van der Waals surface area contributed by atoms with E-state index in [1.54, 1.807) is 11.3 Å². The molecule has 4 rings (SSSR count). The van der Waals surface area contributed by atoms with E-state index in [0.29, 0.717) is 18.9 Å². The molecule has 0 saturated carbocycles. The molecule has 0 aliphatic carbocycles. The molecule has 0 spiro atoms. The summed E-state index contributed by atoms with van der Waals surface area (Å²) in [6, 6.07) is 8.65. The zero-order valence-electron chi connectivity index (χ0n) is 13.7. The van der Waals surface area contributed by atoms with Crippen LogP contribution in [0.4, 0.5) is 4.39 Å². The van der Waals surface area contributed by atoms with Crippen LogP contribution in [-0.2, 0) is 6.42 Å². The Morgan fingerprint density at radius 2 is 2.25 bits per heavy atom. The van der Waals surface area contributed by atoms with Gasteiger partial charge in [-0.3, -0.25) is 4.90 Å². The third-order valence-corrected chi connectivity index (χ3v) is 6.76. The van der Waals surface area contributed by atoms with E-state index < -0.39 is 6.17 Å². The van der Waals surface area contributed by atoms with Gasteiger partial charge in [-0.05, 0) is 29.9 Å². The smallest absolute Gasteiger partial charge is 0.114 e. The predicted molar refractivity (Wildman–Crippen MR) is 101 cm³/mol. The molecule has 2 aromatic heterocycles.